The molecule has 0 aliphatic carbocycles. The molecule has 26 heavy (non-hydrogen) atoms. The van der Waals surface area contributed by atoms with Crippen molar-refractivity contribution in [3.05, 3.63) is 47.8 Å². The minimum absolute atomic E-state index is 0.0723. The Balaban J connectivity index is 1.43. The molecule has 1 aromatic heterocycles. The third-order valence-electron chi connectivity index (χ3n) is 4.38. The van der Waals surface area contributed by atoms with Crippen molar-refractivity contribution in [1.82, 2.24) is 25.2 Å². The number of hydrogen-bond acceptors (Lipinski definition) is 6. The Kier molecular flexibility index (Phi) is 6.56. The summed E-state index contributed by atoms with van der Waals surface area (Å²) in [6.07, 6.45) is 2.93. The van der Waals surface area contributed by atoms with Crippen molar-refractivity contribution in [3.63, 3.8) is 0 Å². The monoisotopic (exact) mass is 359 g/mol. The van der Waals surface area contributed by atoms with Crippen LogP contribution < -0.4 is 5.32 Å². The second-order valence-corrected chi connectivity index (χ2v) is 6.37. The van der Waals surface area contributed by atoms with Gasteiger partial charge < -0.3 is 20.1 Å². The maximum atomic E-state index is 12.3. The summed E-state index contributed by atoms with van der Waals surface area (Å²) < 4.78 is 7.19. The smallest absolute Gasteiger partial charge is 0.410 e. The number of benzene rings is 1. The van der Waals surface area contributed by atoms with Crippen molar-refractivity contribution in [2.75, 3.05) is 26.2 Å². The average Bonchev–Trinajstić information content (AvgIpc) is 3.13. The van der Waals surface area contributed by atoms with Gasteiger partial charge >= 0.3 is 6.09 Å². The van der Waals surface area contributed by atoms with Gasteiger partial charge in [-0.05, 0) is 12.0 Å². The molecule has 1 amide bonds. The van der Waals surface area contributed by atoms with Gasteiger partial charge in [0.05, 0.1) is 5.69 Å². The number of nitrogens with zero attached hydrogens (tertiary/aromatic N) is 4. The van der Waals surface area contributed by atoms with Crippen molar-refractivity contribution in [3.8, 4) is 0 Å². The molecule has 0 bridgehead atoms. The van der Waals surface area contributed by atoms with Crippen LogP contribution in [0.15, 0.2) is 36.5 Å². The summed E-state index contributed by atoms with van der Waals surface area (Å²) in [5, 5.41) is 20.4. The standard InChI is InChI=1S/C18H25N5O3/c24-11-7-17-13-23(21-20-17)9-6-16-12-22(10-8-19-16)18(25)26-14-15-4-2-1-3-5-15/h1-5,13,16,19,24H,6-12,14H2/t16-/m1/s1. The Morgan fingerprint density at radius 1 is 1.35 bits per heavy atom. The Morgan fingerprint density at radius 3 is 3.00 bits per heavy atom. The van der Waals surface area contributed by atoms with Crippen LogP contribution in [0.2, 0.25) is 0 Å². The molecule has 1 atom stereocenters. The number of carbonyl (C=O) groups is 1. The zero-order chi connectivity index (χ0) is 18.2. The Bertz CT molecular complexity index is 691. The van der Waals surface area contributed by atoms with Crippen LogP contribution in [0.3, 0.4) is 0 Å². The number of piperazine rings is 1. The second-order valence-electron chi connectivity index (χ2n) is 6.37. The number of aliphatic hydroxyl groups excluding tert-OH is 1. The number of aliphatic hydroxyl groups is 1. The first-order valence-corrected chi connectivity index (χ1v) is 8.93. The number of nitrogens with one attached hydrogen (secondary N) is 1. The SMILES string of the molecule is O=C(OCc1ccccc1)N1CCN[C@H](CCn2cc(CCO)nn2)C1. The molecule has 2 N–H and O–H groups in total. The molecule has 0 spiro atoms. The predicted molar refractivity (Wildman–Crippen MR) is 95.4 cm³/mol. The first-order chi connectivity index (χ1) is 12.7. The topological polar surface area (TPSA) is 92.5 Å². The van der Waals surface area contributed by atoms with Crippen molar-refractivity contribution in [2.24, 2.45) is 0 Å². The van der Waals surface area contributed by atoms with Crippen LogP contribution in [0, 0.1) is 0 Å². The van der Waals surface area contributed by atoms with E-state index in [1.807, 2.05) is 36.5 Å². The van der Waals surface area contributed by atoms with E-state index < -0.39 is 0 Å². The van der Waals surface area contributed by atoms with Gasteiger partial charge in [0, 0.05) is 51.4 Å². The highest BCUT2D eigenvalue weighted by molar-refractivity contribution is 5.67. The Morgan fingerprint density at radius 2 is 2.19 bits per heavy atom. The molecular weight excluding hydrogens is 334 g/mol. The highest BCUT2D eigenvalue weighted by atomic mass is 16.6. The van der Waals surface area contributed by atoms with Crippen LogP contribution in [0.4, 0.5) is 4.79 Å². The van der Waals surface area contributed by atoms with Gasteiger partial charge in [-0.25, -0.2) is 4.79 Å². The zero-order valence-corrected chi connectivity index (χ0v) is 14.8. The van der Waals surface area contributed by atoms with Crippen LogP contribution in [0.25, 0.3) is 0 Å². The summed E-state index contributed by atoms with van der Waals surface area (Å²) in [6.45, 7) is 3.09. The van der Waals surface area contributed by atoms with Crippen LogP contribution >= 0.6 is 0 Å². The van der Waals surface area contributed by atoms with Gasteiger partial charge in [0.25, 0.3) is 0 Å². The van der Waals surface area contributed by atoms with E-state index in [1.54, 1.807) is 9.58 Å². The zero-order valence-electron chi connectivity index (χ0n) is 14.8. The largest absolute Gasteiger partial charge is 0.445 e. The molecule has 8 heteroatoms. The minimum Gasteiger partial charge on any atom is -0.445 e. The van der Waals surface area contributed by atoms with E-state index in [2.05, 4.69) is 15.6 Å². The average molecular weight is 359 g/mol. The number of amides is 1. The normalized spacial score (nSPS) is 17.3. The van der Waals surface area contributed by atoms with Gasteiger partial charge in [-0.1, -0.05) is 35.5 Å². The number of hydrogen-bond donors (Lipinski definition) is 2. The van der Waals surface area contributed by atoms with Crippen molar-refractivity contribution in [2.45, 2.75) is 32.0 Å². The molecule has 8 nitrogen and oxygen atoms in total. The molecule has 1 saturated heterocycles. The summed E-state index contributed by atoms with van der Waals surface area (Å²) in [5.74, 6) is 0. The molecule has 1 fully saturated rings. The molecular formula is C18H25N5O3. The first-order valence-electron chi connectivity index (χ1n) is 8.93. The van der Waals surface area contributed by atoms with Gasteiger partial charge in [0.1, 0.15) is 6.61 Å². The van der Waals surface area contributed by atoms with E-state index in [-0.39, 0.29) is 18.7 Å². The summed E-state index contributed by atoms with van der Waals surface area (Å²) in [6, 6.07) is 9.88. The summed E-state index contributed by atoms with van der Waals surface area (Å²) in [4.78, 5) is 14.0. The fraction of sp³-hybridized carbons (Fsp3) is 0.500. The molecule has 2 heterocycles. The van der Waals surface area contributed by atoms with E-state index in [0.717, 1.165) is 24.2 Å². The summed E-state index contributed by atoms with van der Waals surface area (Å²) >= 11 is 0. The quantitative estimate of drug-likeness (QED) is 0.760. The first kappa shape index (κ1) is 18.3. The van der Waals surface area contributed by atoms with Crippen LogP contribution in [0.5, 0.6) is 0 Å². The van der Waals surface area contributed by atoms with Gasteiger partial charge in [-0.3, -0.25) is 4.68 Å². The fourth-order valence-electron chi connectivity index (χ4n) is 2.96. The second kappa shape index (κ2) is 9.30. The number of ether oxygens (including phenoxy) is 1. The third-order valence-corrected chi connectivity index (χ3v) is 4.38. The number of aromatic nitrogens is 3. The molecule has 2 aromatic rings. The fourth-order valence-corrected chi connectivity index (χ4v) is 2.96. The van der Waals surface area contributed by atoms with Gasteiger partial charge in [0.15, 0.2) is 0 Å². The molecule has 1 aliphatic rings. The predicted octanol–water partition coefficient (Wildman–Crippen LogP) is 0.814. The number of aryl methyl sites for hydroxylation is 1. The maximum Gasteiger partial charge on any atom is 0.410 e. The van der Waals surface area contributed by atoms with Gasteiger partial charge in [-0.15, -0.1) is 5.10 Å². The van der Waals surface area contributed by atoms with Crippen LogP contribution in [0.1, 0.15) is 17.7 Å². The maximum absolute atomic E-state index is 12.3. The molecule has 3 rings (SSSR count). The lowest BCUT2D eigenvalue weighted by atomic mass is 10.1. The molecule has 1 aliphatic heterocycles. The lowest BCUT2D eigenvalue weighted by molar-refractivity contribution is 0.0837. The highest BCUT2D eigenvalue weighted by Gasteiger charge is 2.24. The minimum atomic E-state index is -0.272. The van der Waals surface area contributed by atoms with Crippen LogP contribution in [-0.2, 0) is 24.3 Å². The van der Waals surface area contributed by atoms with Crippen molar-refractivity contribution >= 4 is 6.09 Å². The third kappa shape index (κ3) is 5.27. The van der Waals surface area contributed by atoms with E-state index in [0.29, 0.717) is 32.7 Å². The van der Waals surface area contributed by atoms with Crippen LogP contribution in [-0.4, -0.2) is 63.4 Å². The van der Waals surface area contributed by atoms with E-state index in [4.69, 9.17) is 9.84 Å². The van der Waals surface area contributed by atoms with Crippen molar-refractivity contribution < 1.29 is 14.6 Å². The van der Waals surface area contributed by atoms with Gasteiger partial charge in [0.2, 0.25) is 0 Å². The molecule has 140 valence electrons. The van der Waals surface area contributed by atoms with E-state index in [9.17, 15) is 4.79 Å². The van der Waals surface area contributed by atoms with Crippen molar-refractivity contribution in [1.29, 1.82) is 0 Å². The van der Waals surface area contributed by atoms with E-state index in [1.165, 1.54) is 0 Å². The molecule has 0 radical (unpaired) electrons. The lowest BCUT2D eigenvalue weighted by Crippen LogP contribution is -2.52. The Hall–Kier alpha value is -2.45. The molecule has 0 unspecified atom stereocenters. The highest BCUT2D eigenvalue weighted by Crippen LogP contribution is 2.08. The molecule has 1 aromatic carbocycles. The number of rotatable bonds is 7. The lowest BCUT2D eigenvalue weighted by Gasteiger charge is -2.33. The number of carbonyl (C=O) groups excluding carboxylic acids is 1. The van der Waals surface area contributed by atoms with E-state index >= 15 is 0 Å². The Labute approximate surface area is 152 Å². The van der Waals surface area contributed by atoms with Gasteiger partial charge in [-0.2, -0.15) is 0 Å². The molecule has 0 saturated carbocycles. The summed E-state index contributed by atoms with van der Waals surface area (Å²) in [5.41, 5.74) is 1.77. The summed E-state index contributed by atoms with van der Waals surface area (Å²) in [7, 11) is 0.